The Kier molecular flexibility index (Phi) is 11.9. The number of amides is 2. The maximum absolute atomic E-state index is 12.6. The molecule has 0 radical (unpaired) electrons. The van der Waals surface area contributed by atoms with Crippen LogP contribution in [0, 0.1) is 5.92 Å². The fraction of sp³-hybridized carbons (Fsp3) is 0.909. The van der Waals surface area contributed by atoms with Crippen LogP contribution in [0.5, 0.6) is 0 Å². The van der Waals surface area contributed by atoms with Crippen LogP contribution in [-0.4, -0.2) is 95.6 Å². The molecule has 0 aromatic rings. The SMILES string of the molecule is CN(C)CCCNC(=O)C1CC(=O)N(CCC[Si](C)(O[Si](C)(C)C)O[Si](C)(C)O[Si](C)(C)C)C1. The van der Waals surface area contributed by atoms with Crippen molar-refractivity contribution >= 4 is 45.6 Å². The Balaban J connectivity index is 2.65. The van der Waals surface area contributed by atoms with Crippen LogP contribution >= 0.6 is 0 Å². The second-order valence-electron chi connectivity index (χ2n) is 12.4. The number of nitrogens with one attached hydrogen (secondary N) is 1. The predicted octanol–water partition coefficient (Wildman–Crippen LogP) is 3.79. The highest BCUT2D eigenvalue weighted by Crippen LogP contribution is 2.28. The van der Waals surface area contributed by atoms with Gasteiger partial charge in [-0.2, -0.15) is 0 Å². The largest absolute Gasteiger partial charge is 0.437 e. The van der Waals surface area contributed by atoms with E-state index in [1.54, 1.807) is 0 Å². The highest BCUT2D eigenvalue weighted by Gasteiger charge is 2.44. The first-order valence-corrected chi connectivity index (χ1v) is 24.8. The number of carbonyl (C=O) groups is 2. The van der Waals surface area contributed by atoms with Crippen LogP contribution in [0.25, 0.3) is 0 Å². The van der Waals surface area contributed by atoms with Gasteiger partial charge in [-0.15, -0.1) is 0 Å². The lowest BCUT2D eigenvalue weighted by Crippen LogP contribution is -2.57. The number of rotatable bonds is 15. The van der Waals surface area contributed by atoms with E-state index < -0.39 is 33.8 Å². The fourth-order valence-corrected chi connectivity index (χ4v) is 22.5. The highest BCUT2D eigenvalue weighted by atomic mass is 28.5. The standard InChI is InChI=1S/C22H51N3O5Si4/c1-24(2)15-12-14-23-22(27)20-18-21(26)25(19-20)16-13-17-34(11,29-32(6,7)8)30-33(9,10)28-31(3,4)5/h20H,12-19H2,1-11H3,(H,23,27). The van der Waals surface area contributed by atoms with Crippen molar-refractivity contribution in [2.75, 3.05) is 40.3 Å². The van der Waals surface area contributed by atoms with Gasteiger partial charge in [0.25, 0.3) is 0 Å². The zero-order valence-electron chi connectivity index (χ0n) is 23.7. The Bertz CT molecular complexity index is 682. The normalized spacial score (nSPS) is 19.6. The number of hydrogen-bond donors (Lipinski definition) is 1. The molecule has 12 heteroatoms. The molecule has 1 rings (SSSR count). The first-order chi connectivity index (χ1) is 15.3. The molecule has 2 amide bonds. The molecule has 0 aromatic heterocycles. The maximum atomic E-state index is 12.6. The van der Waals surface area contributed by atoms with Gasteiger partial charge >= 0.3 is 17.1 Å². The minimum absolute atomic E-state index is 0.00420. The smallest absolute Gasteiger partial charge is 0.315 e. The highest BCUT2D eigenvalue weighted by molar-refractivity contribution is 6.89. The molecule has 8 nitrogen and oxygen atoms in total. The third-order valence-corrected chi connectivity index (χ3v) is 18.8. The maximum Gasteiger partial charge on any atom is 0.315 e. The second kappa shape index (κ2) is 12.7. The summed E-state index contributed by atoms with van der Waals surface area (Å²) < 4.78 is 19.8. The zero-order chi connectivity index (χ0) is 26.4. The van der Waals surface area contributed by atoms with Gasteiger partial charge in [-0.3, -0.25) is 9.59 Å². The van der Waals surface area contributed by atoms with Crippen molar-refractivity contribution in [1.29, 1.82) is 0 Å². The minimum Gasteiger partial charge on any atom is -0.437 e. The van der Waals surface area contributed by atoms with Gasteiger partial charge in [0, 0.05) is 26.1 Å². The summed E-state index contributed by atoms with van der Waals surface area (Å²) >= 11 is 0. The molecule has 0 bridgehead atoms. The van der Waals surface area contributed by atoms with Crippen LogP contribution in [0.2, 0.25) is 65.0 Å². The van der Waals surface area contributed by atoms with Crippen molar-refractivity contribution < 1.29 is 21.9 Å². The van der Waals surface area contributed by atoms with Gasteiger partial charge in [0.15, 0.2) is 16.6 Å². The molecule has 0 aliphatic carbocycles. The molecule has 1 fully saturated rings. The summed E-state index contributed by atoms with van der Waals surface area (Å²) in [6.07, 6.45) is 2.03. The lowest BCUT2D eigenvalue weighted by atomic mass is 10.1. The molecule has 0 saturated carbocycles. The molecule has 1 N–H and O–H groups in total. The predicted molar refractivity (Wildman–Crippen MR) is 149 cm³/mol. The topological polar surface area (TPSA) is 80.3 Å². The van der Waals surface area contributed by atoms with E-state index in [0.29, 0.717) is 26.1 Å². The summed E-state index contributed by atoms with van der Waals surface area (Å²) in [5.74, 6) is -0.183. The van der Waals surface area contributed by atoms with Crippen LogP contribution < -0.4 is 5.32 Å². The minimum atomic E-state index is -2.48. The third kappa shape index (κ3) is 13.1. The molecule has 2 atom stereocenters. The summed E-state index contributed by atoms with van der Waals surface area (Å²) in [4.78, 5) is 29.0. The molecule has 1 aliphatic rings. The zero-order valence-corrected chi connectivity index (χ0v) is 27.7. The Morgan fingerprint density at radius 3 is 2.09 bits per heavy atom. The number of likely N-dealkylation sites (tertiary alicyclic amines) is 1. The molecule has 0 aromatic carbocycles. The van der Waals surface area contributed by atoms with E-state index >= 15 is 0 Å². The lowest BCUT2D eigenvalue weighted by Gasteiger charge is -2.41. The Morgan fingerprint density at radius 2 is 1.56 bits per heavy atom. The van der Waals surface area contributed by atoms with E-state index in [-0.39, 0.29) is 17.7 Å². The van der Waals surface area contributed by atoms with Gasteiger partial charge in [-0.25, -0.2) is 0 Å². The molecule has 34 heavy (non-hydrogen) atoms. The van der Waals surface area contributed by atoms with Crippen LogP contribution in [0.15, 0.2) is 0 Å². The van der Waals surface area contributed by atoms with Crippen molar-refractivity contribution in [2.24, 2.45) is 5.92 Å². The molecular weight excluding hydrogens is 499 g/mol. The molecule has 2 unspecified atom stereocenters. The Labute approximate surface area is 212 Å². The molecular formula is C22H51N3O5Si4. The summed E-state index contributed by atoms with van der Waals surface area (Å²) in [5, 5.41) is 2.99. The Hall–Kier alpha value is -0.352. The summed E-state index contributed by atoms with van der Waals surface area (Å²) in [5.41, 5.74) is 0. The van der Waals surface area contributed by atoms with Gasteiger partial charge in [-0.1, -0.05) is 0 Å². The summed E-state index contributed by atoms with van der Waals surface area (Å²) in [6, 6.07) is 0.813. The third-order valence-electron chi connectivity index (χ3n) is 5.26. The van der Waals surface area contributed by atoms with E-state index in [9.17, 15) is 9.59 Å². The van der Waals surface area contributed by atoms with Gasteiger partial charge in [0.2, 0.25) is 11.8 Å². The average molecular weight is 550 g/mol. The van der Waals surface area contributed by atoms with E-state index in [1.165, 1.54) is 0 Å². The monoisotopic (exact) mass is 549 g/mol. The van der Waals surface area contributed by atoms with Gasteiger partial charge in [-0.05, 0) is 98.4 Å². The number of nitrogens with zero attached hydrogens (tertiary/aromatic N) is 2. The quantitative estimate of drug-likeness (QED) is 0.247. The summed E-state index contributed by atoms with van der Waals surface area (Å²) in [6.45, 7) is 22.3. The van der Waals surface area contributed by atoms with Crippen LogP contribution in [0.4, 0.5) is 0 Å². The van der Waals surface area contributed by atoms with E-state index in [1.807, 2.05) is 19.0 Å². The molecule has 200 valence electrons. The van der Waals surface area contributed by atoms with Gasteiger partial charge in [0.05, 0.1) is 5.92 Å². The molecule has 0 spiro atoms. The first-order valence-electron chi connectivity index (χ1n) is 12.6. The van der Waals surface area contributed by atoms with Crippen molar-refractivity contribution in [1.82, 2.24) is 15.1 Å². The van der Waals surface area contributed by atoms with Crippen molar-refractivity contribution in [3.05, 3.63) is 0 Å². The number of carbonyl (C=O) groups excluding carboxylic acids is 2. The molecule has 1 heterocycles. The first kappa shape index (κ1) is 31.7. The number of hydrogen-bond acceptors (Lipinski definition) is 6. The van der Waals surface area contributed by atoms with Gasteiger partial charge in [0.1, 0.15) is 0 Å². The van der Waals surface area contributed by atoms with Crippen molar-refractivity contribution in [3.63, 3.8) is 0 Å². The summed E-state index contributed by atoms with van der Waals surface area (Å²) in [7, 11) is -4.32. The van der Waals surface area contributed by atoms with E-state index in [0.717, 1.165) is 25.4 Å². The van der Waals surface area contributed by atoms with Crippen LogP contribution in [0.1, 0.15) is 19.3 Å². The van der Waals surface area contributed by atoms with Crippen molar-refractivity contribution in [2.45, 2.75) is 84.2 Å². The van der Waals surface area contributed by atoms with Crippen LogP contribution in [-0.2, 0) is 21.9 Å². The van der Waals surface area contributed by atoms with Crippen LogP contribution in [0.3, 0.4) is 0 Å². The fourth-order valence-electron chi connectivity index (χ4n) is 4.55. The second-order valence-corrected chi connectivity index (χ2v) is 28.8. The molecule has 1 saturated heterocycles. The Morgan fingerprint density at radius 1 is 0.971 bits per heavy atom. The van der Waals surface area contributed by atoms with E-state index in [2.05, 4.69) is 69.1 Å². The molecule has 1 aliphatic heterocycles. The van der Waals surface area contributed by atoms with E-state index in [4.69, 9.17) is 12.3 Å². The average Bonchev–Trinajstić information content (AvgIpc) is 2.94. The van der Waals surface area contributed by atoms with Crippen molar-refractivity contribution in [3.8, 4) is 0 Å². The van der Waals surface area contributed by atoms with Gasteiger partial charge < -0.3 is 27.5 Å². The lowest BCUT2D eigenvalue weighted by molar-refractivity contribution is -0.129.